The van der Waals surface area contributed by atoms with E-state index in [-0.39, 0.29) is 5.82 Å². The summed E-state index contributed by atoms with van der Waals surface area (Å²) < 4.78 is 14.4. The van der Waals surface area contributed by atoms with Crippen LogP contribution in [-0.4, -0.2) is 4.98 Å². The van der Waals surface area contributed by atoms with Crippen LogP contribution in [0.1, 0.15) is 0 Å². The monoisotopic (exact) mass is 273 g/mol. The lowest BCUT2D eigenvalue weighted by molar-refractivity contribution is 0.639. The fourth-order valence-corrected chi connectivity index (χ4v) is 2.63. The van der Waals surface area contributed by atoms with Crippen LogP contribution in [0.5, 0.6) is 0 Å². The molecule has 0 spiro atoms. The highest BCUT2D eigenvalue weighted by Crippen LogP contribution is 2.27. The third-order valence-corrected chi connectivity index (χ3v) is 3.70. The molecule has 0 aliphatic heterocycles. The number of hydrogen-bond acceptors (Lipinski definition) is 1. The fourth-order valence-electron chi connectivity index (χ4n) is 2.63. The topological polar surface area (TPSA) is 12.9 Å². The lowest BCUT2D eigenvalue weighted by Crippen LogP contribution is -1.90. The summed E-state index contributed by atoms with van der Waals surface area (Å²) in [4.78, 5) is 4.62. The highest BCUT2D eigenvalue weighted by atomic mass is 19.1. The summed E-state index contributed by atoms with van der Waals surface area (Å²) in [5, 5.41) is 2.66. The fraction of sp³-hybridized carbons (Fsp3) is 0. The molecule has 0 aliphatic rings. The molecule has 0 amide bonds. The molecule has 3 aromatic carbocycles. The van der Waals surface area contributed by atoms with Gasteiger partial charge >= 0.3 is 0 Å². The third-order valence-electron chi connectivity index (χ3n) is 3.70. The maximum atomic E-state index is 14.4. The Morgan fingerprint density at radius 1 is 0.714 bits per heavy atom. The van der Waals surface area contributed by atoms with Crippen molar-refractivity contribution in [1.29, 1.82) is 0 Å². The molecular formula is C19H12FN. The van der Waals surface area contributed by atoms with Gasteiger partial charge in [0, 0.05) is 17.0 Å². The molecule has 4 rings (SSSR count). The van der Waals surface area contributed by atoms with Crippen molar-refractivity contribution in [2.75, 3.05) is 0 Å². The van der Waals surface area contributed by atoms with Crippen LogP contribution in [-0.2, 0) is 0 Å². The highest BCUT2D eigenvalue weighted by molar-refractivity contribution is 5.97. The second kappa shape index (κ2) is 4.67. The van der Waals surface area contributed by atoms with Gasteiger partial charge in [-0.3, -0.25) is 0 Å². The van der Waals surface area contributed by atoms with Crippen molar-refractivity contribution in [2.45, 2.75) is 0 Å². The zero-order valence-electron chi connectivity index (χ0n) is 11.3. The van der Waals surface area contributed by atoms with E-state index in [9.17, 15) is 4.39 Å². The van der Waals surface area contributed by atoms with Crippen molar-refractivity contribution in [3.05, 3.63) is 78.6 Å². The van der Waals surface area contributed by atoms with Crippen LogP contribution in [0.25, 0.3) is 32.9 Å². The van der Waals surface area contributed by atoms with Gasteiger partial charge in [0.1, 0.15) is 5.82 Å². The normalized spacial score (nSPS) is 11.1. The van der Waals surface area contributed by atoms with E-state index in [1.54, 1.807) is 0 Å². The smallest absolute Gasteiger partial charge is 0.134 e. The number of aromatic nitrogens is 1. The lowest BCUT2D eigenvalue weighted by atomic mass is 10.0. The molecule has 0 radical (unpaired) electrons. The Kier molecular flexibility index (Phi) is 2.68. The Bertz CT molecular complexity index is 945. The molecule has 0 fully saturated rings. The van der Waals surface area contributed by atoms with Crippen molar-refractivity contribution in [2.24, 2.45) is 0 Å². The Labute approximate surface area is 121 Å². The molecule has 0 atom stereocenters. The van der Waals surface area contributed by atoms with Gasteiger partial charge in [-0.25, -0.2) is 9.37 Å². The standard InChI is InChI=1S/C19H12FN/c20-17-12-18(13-6-2-1-3-7-13)21-19-11-15-9-5-4-8-14(15)10-16(17)19/h1-12H. The Balaban J connectivity index is 2.03. The minimum Gasteiger partial charge on any atom is -0.248 e. The molecule has 1 nitrogen and oxygen atoms in total. The van der Waals surface area contributed by atoms with Crippen LogP contribution in [0.15, 0.2) is 72.8 Å². The first kappa shape index (κ1) is 12.0. The SMILES string of the molecule is Fc1cc(-c2ccccc2)nc2cc3ccccc3cc12. The largest absolute Gasteiger partial charge is 0.248 e. The van der Waals surface area contributed by atoms with Crippen molar-refractivity contribution in [3.63, 3.8) is 0 Å². The summed E-state index contributed by atoms with van der Waals surface area (Å²) in [6.45, 7) is 0. The minimum atomic E-state index is -0.232. The predicted octanol–water partition coefficient (Wildman–Crippen LogP) is 5.19. The quantitative estimate of drug-likeness (QED) is 0.435. The van der Waals surface area contributed by atoms with E-state index in [1.807, 2.05) is 66.7 Å². The summed E-state index contributed by atoms with van der Waals surface area (Å²) >= 11 is 0. The number of pyridine rings is 1. The number of benzene rings is 3. The molecule has 0 unspecified atom stereocenters. The van der Waals surface area contributed by atoms with E-state index in [0.29, 0.717) is 16.6 Å². The molecule has 100 valence electrons. The van der Waals surface area contributed by atoms with Gasteiger partial charge in [0.25, 0.3) is 0 Å². The molecule has 0 N–H and O–H groups in total. The van der Waals surface area contributed by atoms with Crippen LogP contribution < -0.4 is 0 Å². The summed E-state index contributed by atoms with van der Waals surface area (Å²) in [6, 6.07) is 22.9. The first-order valence-electron chi connectivity index (χ1n) is 6.86. The molecular weight excluding hydrogens is 261 g/mol. The first-order valence-corrected chi connectivity index (χ1v) is 6.86. The van der Waals surface area contributed by atoms with Crippen molar-refractivity contribution < 1.29 is 4.39 Å². The average molecular weight is 273 g/mol. The van der Waals surface area contributed by atoms with E-state index in [4.69, 9.17) is 0 Å². The Morgan fingerprint density at radius 2 is 1.38 bits per heavy atom. The predicted molar refractivity (Wildman–Crippen MR) is 84.6 cm³/mol. The van der Waals surface area contributed by atoms with Crippen LogP contribution in [0, 0.1) is 5.82 Å². The summed E-state index contributed by atoms with van der Waals surface area (Å²) in [7, 11) is 0. The molecule has 1 heterocycles. The summed E-state index contributed by atoms with van der Waals surface area (Å²) in [5.41, 5.74) is 2.27. The van der Waals surface area contributed by atoms with Crippen LogP contribution in [0.3, 0.4) is 0 Å². The van der Waals surface area contributed by atoms with Crippen LogP contribution in [0.4, 0.5) is 4.39 Å². The maximum absolute atomic E-state index is 14.4. The van der Waals surface area contributed by atoms with Crippen LogP contribution >= 0.6 is 0 Å². The van der Waals surface area contributed by atoms with Crippen LogP contribution in [0.2, 0.25) is 0 Å². The molecule has 0 aliphatic carbocycles. The average Bonchev–Trinajstić information content (AvgIpc) is 2.54. The summed E-state index contributed by atoms with van der Waals surface area (Å²) in [6.07, 6.45) is 0. The van der Waals surface area contributed by atoms with Crippen molar-refractivity contribution in [3.8, 4) is 11.3 Å². The lowest BCUT2D eigenvalue weighted by Gasteiger charge is -2.06. The van der Waals surface area contributed by atoms with Gasteiger partial charge in [-0.05, 0) is 22.9 Å². The van der Waals surface area contributed by atoms with Crippen molar-refractivity contribution >= 4 is 21.7 Å². The first-order chi connectivity index (χ1) is 10.3. The second-order valence-corrected chi connectivity index (χ2v) is 5.07. The summed E-state index contributed by atoms with van der Waals surface area (Å²) in [5.74, 6) is -0.232. The van der Waals surface area contributed by atoms with Gasteiger partial charge in [-0.1, -0.05) is 54.6 Å². The number of hydrogen-bond donors (Lipinski definition) is 0. The van der Waals surface area contributed by atoms with E-state index >= 15 is 0 Å². The van der Waals surface area contributed by atoms with Gasteiger partial charge < -0.3 is 0 Å². The molecule has 0 bridgehead atoms. The zero-order valence-corrected chi connectivity index (χ0v) is 11.3. The molecule has 4 aromatic rings. The Morgan fingerprint density at radius 3 is 2.14 bits per heavy atom. The van der Waals surface area contributed by atoms with Crippen molar-refractivity contribution in [1.82, 2.24) is 4.98 Å². The number of halogens is 1. The van der Waals surface area contributed by atoms with E-state index in [1.165, 1.54) is 6.07 Å². The van der Waals surface area contributed by atoms with Gasteiger partial charge in [0.15, 0.2) is 0 Å². The number of fused-ring (bicyclic) bond motifs is 2. The van der Waals surface area contributed by atoms with Gasteiger partial charge in [0.2, 0.25) is 0 Å². The van der Waals surface area contributed by atoms with Gasteiger partial charge in [-0.15, -0.1) is 0 Å². The molecule has 21 heavy (non-hydrogen) atoms. The van der Waals surface area contributed by atoms with E-state index in [0.717, 1.165) is 16.3 Å². The minimum absolute atomic E-state index is 0.232. The maximum Gasteiger partial charge on any atom is 0.134 e. The van der Waals surface area contributed by atoms with E-state index < -0.39 is 0 Å². The number of nitrogens with zero attached hydrogens (tertiary/aromatic N) is 1. The second-order valence-electron chi connectivity index (χ2n) is 5.07. The molecule has 1 aromatic heterocycles. The third kappa shape index (κ3) is 2.05. The number of rotatable bonds is 1. The van der Waals surface area contributed by atoms with Gasteiger partial charge in [-0.2, -0.15) is 0 Å². The van der Waals surface area contributed by atoms with Gasteiger partial charge in [0.05, 0.1) is 11.2 Å². The molecule has 2 heteroatoms. The Hall–Kier alpha value is -2.74. The van der Waals surface area contributed by atoms with E-state index in [2.05, 4.69) is 4.98 Å². The highest BCUT2D eigenvalue weighted by Gasteiger charge is 2.08. The molecule has 0 saturated carbocycles. The molecule has 0 saturated heterocycles. The zero-order chi connectivity index (χ0) is 14.2.